The molecule has 0 aliphatic rings. The molecule has 1 aromatic carbocycles. The predicted octanol–water partition coefficient (Wildman–Crippen LogP) is 2.34. The van der Waals surface area contributed by atoms with Crippen LogP contribution in [0.25, 0.3) is 5.70 Å². The van der Waals surface area contributed by atoms with E-state index in [2.05, 4.69) is 0 Å². The van der Waals surface area contributed by atoms with Gasteiger partial charge >= 0.3 is 0 Å². The molecule has 88 valence electrons. The second kappa shape index (κ2) is 5.07. The lowest BCUT2D eigenvalue weighted by molar-refractivity contribution is -0.385. The summed E-state index contributed by atoms with van der Waals surface area (Å²) in [7, 11) is 0. The van der Waals surface area contributed by atoms with Crippen LogP contribution >= 0.6 is 0 Å². The molecule has 0 atom stereocenters. The maximum atomic E-state index is 13.6. The van der Waals surface area contributed by atoms with E-state index in [1.54, 1.807) is 6.92 Å². The fourth-order valence-corrected chi connectivity index (χ4v) is 1.33. The van der Waals surface area contributed by atoms with Gasteiger partial charge in [-0.3, -0.25) is 10.1 Å². The Balaban J connectivity index is 3.31. The van der Waals surface area contributed by atoms with Gasteiger partial charge in [0.1, 0.15) is 5.82 Å². The zero-order valence-electron chi connectivity index (χ0n) is 9.11. The van der Waals surface area contributed by atoms with E-state index in [0.29, 0.717) is 6.42 Å². The van der Waals surface area contributed by atoms with Gasteiger partial charge in [-0.25, -0.2) is 4.39 Å². The molecular formula is C11H10FN3O2. The molecule has 1 rings (SSSR count). The Morgan fingerprint density at radius 1 is 1.65 bits per heavy atom. The summed E-state index contributed by atoms with van der Waals surface area (Å²) in [6.07, 6.45) is 0.374. The number of hydrogen-bond acceptors (Lipinski definition) is 4. The number of nitro benzene ring substituents is 1. The third-order valence-corrected chi connectivity index (χ3v) is 2.27. The van der Waals surface area contributed by atoms with Gasteiger partial charge < -0.3 is 5.73 Å². The molecule has 0 aliphatic heterocycles. The molecule has 5 nitrogen and oxygen atoms in total. The highest BCUT2D eigenvalue weighted by molar-refractivity contribution is 5.70. The Labute approximate surface area is 97.1 Å². The Bertz CT molecular complexity index is 532. The van der Waals surface area contributed by atoms with Gasteiger partial charge in [-0.2, -0.15) is 5.26 Å². The first-order chi connectivity index (χ1) is 8.01. The van der Waals surface area contributed by atoms with Crippen molar-refractivity contribution in [2.24, 2.45) is 5.73 Å². The molecule has 0 radical (unpaired) electrons. The smallest absolute Gasteiger partial charge is 0.272 e. The van der Waals surface area contributed by atoms with Crippen LogP contribution in [-0.4, -0.2) is 4.92 Å². The first-order valence-corrected chi connectivity index (χ1v) is 4.84. The van der Waals surface area contributed by atoms with Crippen LogP contribution < -0.4 is 5.73 Å². The van der Waals surface area contributed by atoms with Gasteiger partial charge in [-0.15, -0.1) is 0 Å². The molecule has 0 saturated carbocycles. The molecule has 0 amide bonds. The van der Waals surface area contributed by atoms with Crippen LogP contribution in [0.2, 0.25) is 0 Å². The standard InChI is InChI=1S/C11H10FN3O2/c1-2-7(6-13)11(14)9-4-3-8(15(16)17)5-10(9)12/h3-5H,2,14H2,1H3/b11-7-. The average Bonchev–Trinajstić information content (AvgIpc) is 2.30. The number of non-ortho nitro benzene ring substituents is 1. The summed E-state index contributed by atoms with van der Waals surface area (Å²) in [5.41, 5.74) is 5.55. The molecule has 2 N–H and O–H groups in total. The van der Waals surface area contributed by atoms with Crippen molar-refractivity contribution in [1.82, 2.24) is 0 Å². The number of rotatable bonds is 3. The monoisotopic (exact) mass is 235 g/mol. The van der Waals surface area contributed by atoms with E-state index in [1.165, 1.54) is 6.07 Å². The third-order valence-electron chi connectivity index (χ3n) is 2.27. The zero-order chi connectivity index (χ0) is 13.0. The highest BCUT2D eigenvalue weighted by atomic mass is 19.1. The summed E-state index contributed by atoms with van der Waals surface area (Å²) < 4.78 is 13.6. The molecule has 0 spiro atoms. The van der Waals surface area contributed by atoms with E-state index >= 15 is 0 Å². The Hall–Kier alpha value is -2.42. The summed E-state index contributed by atoms with van der Waals surface area (Å²) in [6.45, 7) is 1.72. The molecule has 0 saturated heterocycles. The molecule has 0 unspecified atom stereocenters. The van der Waals surface area contributed by atoms with Crippen LogP contribution in [-0.2, 0) is 0 Å². The van der Waals surface area contributed by atoms with Gasteiger partial charge in [0.25, 0.3) is 5.69 Å². The number of nitro groups is 1. The van der Waals surface area contributed by atoms with E-state index in [4.69, 9.17) is 11.0 Å². The van der Waals surface area contributed by atoms with Crippen LogP contribution in [0.5, 0.6) is 0 Å². The van der Waals surface area contributed by atoms with Gasteiger partial charge in [-0.1, -0.05) is 6.92 Å². The van der Waals surface area contributed by atoms with Crippen molar-refractivity contribution in [2.75, 3.05) is 0 Å². The second-order valence-corrected chi connectivity index (χ2v) is 3.28. The third kappa shape index (κ3) is 2.58. The summed E-state index contributed by atoms with van der Waals surface area (Å²) in [5.74, 6) is -0.807. The molecule has 0 heterocycles. The van der Waals surface area contributed by atoms with E-state index < -0.39 is 10.7 Å². The van der Waals surface area contributed by atoms with E-state index in [0.717, 1.165) is 12.1 Å². The van der Waals surface area contributed by atoms with Crippen LogP contribution in [0, 0.1) is 27.3 Å². The van der Waals surface area contributed by atoms with Crippen LogP contribution in [0.3, 0.4) is 0 Å². The normalized spacial score (nSPS) is 11.6. The van der Waals surface area contributed by atoms with Gasteiger partial charge in [0, 0.05) is 11.6 Å². The van der Waals surface area contributed by atoms with Gasteiger partial charge in [0.05, 0.1) is 28.3 Å². The van der Waals surface area contributed by atoms with E-state index in [-0.39, 0.29) is 22.5 Å². The molecule has 6 heteroatoms. The lowest BCUT2D eigenvalue weighted by Gasteiger charge is -2.05. The number of hydrogen-bond donors (Lipinski definition) is 1. The summed E-state index contributed by atoms with van der Waals surface area (Å²) in [6, 6.07) is 5.01. The number of allylic oxidation sites excluding steroid dienone is 1. The Kier molecular flexibility index (Phi) is 3.78. The molecular weight excluding hydrogens is 225 g/mol. The van der Waals surface area contributed by atoms with Gasteiger partial charge in [0.15, 0.2) is 0 Å². The van der Waals surface area contributed by atoms with Crippen molar-refractivity contribution in [2.45, 2.75) is 13.3 Å². The molecule has 0 aliphatic carbocycles. The largest absolute Gasteiger partial charge is 0.397 e. The predicted molar refractivity (Wildman–Crippen MR) is 60.1 cm³/mol. The number of benzene rings is 1. The molecule has 1 aromatic rings. The van der Waals surface area contributed by atoms with Crippen LogP contribution in [0.4, 0.5) is 10.1 Å². The number of nitrogens with zero attached hydrogens (tertiary/aromatic N) is 2. The average molecular weight is 235 g/mol. The van der Waals surface area contributed by atoms with Crippen molar-refractivity contribution in [1.29, 1.82) is 5.26 Å². The number of nitrogens with two attached hydrogens (primary N) is 1. The first kappa shape index (κ1) is 12.6. The van der Waals surface area contributed by atoms with Crippen molar-refractivity contribution in [3.05, 3.63) is 45.3 Å². The Morgan fingerprint density at radius 3 is 2.71 bits per heavy atom. The van der Waals surface area contributed by atoms with E-state index in [1.807, 2.05) is 6.07 Å². The summed E-state index contributed by atoms with van der Waals surface area (Å²) in [5, 5.41) is 19.2. The van der Waals surface area contributed by atoms with Crippen LogP contribution in [0.15, 0.2) is 23.8 Å². The minimum atomic E-state index is -0.807. The second-order valence-electron chi connectivity index (χ2n) is 3.28. The maximum Gasteiger partial charge on any atom is 0.272 e. The van der Waals surface area contributed by atoms with Crippen molar-refractivity contribution in [3.63, 3.8) is 0 Å². The fourth-order valence-electron chi connectivity index (χ4n) is 1.33. The minimum absolute atomic E-state index is 0.00833. The highest BCUT2D eigenvalue weighted by Gasteiger charge is 2.14. The maximum absolute atomic E-state index is 13.6. The van der Waals surface area contributed by atoms with Gasteiger partial charge in [0.2, 0.25) is 0 Å². The lowest BCUT2D eigenvalue weighted by Crippen LogP contribution is -2.03. The summed E-state index contributed by atoms with van der Waals surface area (Å²) >= 11 is 0. The summed E-state index contributed by atoms with van der Waals surface area (Å²) in [4.78, 5) is 9.73. The topological polar surface area (TPSA) is 93.0 Å². The quantitative estimate of drug-likeness (QED) is 0.494. The van der Waals surface area contributed by atoms with Crippen LogP contribution in [0.1, 0.15) is 18.9 Å². The van der Waals surface area contributed by atoms with Crippen molar-refractivity contribution >= 4 is 11.4 Å². The van der Waals surface area contributed by atoms with Gasteiger partial charge in [-0.05, 0) is 12.5 Å². The highest BCUT2D eigenvalue weighted by Crippen LogP contribution is 2.22. The zero-order valence-corrected chi connectivity index (χ0v) is 9.11. The Morgan fingerprint density at radius 2 is 2.29 bits per heavy atom. The SMILES string of the molecule is CC/C(C#N)=C(/N)c1ccc([N+](=O)[O-])cc1F. The lowest BCUT2D eigenvalue weighted by atomic mass is 10.0. The number of halogens is 1. The fraction of sp³-hybridized carbons (Fsp3) is 0.182. The molecule has 17 heavy (non-hydrogen) atoms. The molecule has 0 fully saturated rings. The first-order valence-electron chi connectivity index (χ1n) is 4.84. The van der Waals surface area contributed by atoms with Crippen molar-refractivity contribution in [3.8, 4) is 6.07 Å². The number of nitriles is 1. The van der Waals surface area contributed by atoms with Crippen molar-refractivity contribution < 1.29 is 9.31 Å². The minimum Gasteiger partial charge on any atom is -0.397 e. The molecule has 0 aromatic heterocycles. The van der Waals surface area contributed by atoms with E-state index in [9.17, 15) is 14.5 Å². The molecule has 0 bridgehead atoms.